The van der Waals surface area contributed by atoms with Crippen LogP contribution >= 0.6 is 0 Å². The van der Waals surface area contributed by atoms with E-state index in [1.807, 2.05) is 52.1 Å². The first-order valence-electron chi connectivity index (χ1n) is 15.7. The SMILES string of the molecule is COC(=O)C1(Cc2nc(OC[C@@H]3CCCN3C)nc(N3CCN(C(=O)OC(C)(C)C)CC3)c2[N+](=O)[O-])CCCc2ccccc21. The molecule has 1 amide bonds. The van der Waals surface area contributed by atoms with E-state index in [4.69, 9.17) is 14.2 Å². The van der Waals surface area contributed by atoms with Crippen molar-refractivity contribution in [2.45, 2.75) is 76.4 Å². The van der Waals surface area contributed by atoms with Crippen LogP contribution in [0.15, 0.2) is 24.3 Å². The Morgan fingerprint density at radius 3 is 2.47 bits per heavy atom. The molecule has 1 aromatic heterocycles. The van der Waals surface area contributed by atoms with E-state index >= 15 is 0 Å². The average Bonchev–Trinajstić information content (AvgIpc) is 3.42. The number of amides is 1. The van der Waals surface area contributed by atoms with Gasteiger partial charge in [-0.3, -0.25) is 14.9 Å². The van der Waals surface area contributed by atoms with E-state index in [2.05, 4.69) is 14.9 Å². The molecule has 1 aliphatic carbocycles. The Hall–Kier alpha value is -4.00. The van der Waals surface area contributed by atoms with Gasteiger partial charge in [-0.05, 0) is 77.6 Å². The van der Waals surface area contributed by atoms with E-state index in [9.17, 15) is 19.7 Å². The summed E-state index contributed by atoms with van der Waals surface area (Å²) in [6, 6.07) is 7.91. The molecule has 0 N–H and O–H groups in total. The van der Waals surface area contributed by atoms with E-state index in [1.165, 1.54) is 7.11 Å². The molecule has 1 unspecified atom stereocenters. The van der Waals surface area contributed by atoms with Crippen LogP contribution in [0.4, 0.5) is 16.3 Å². The van der Waals surface area contributed by atoms with Gasteiger partial charge in [-0.1, -0.05) is 24.3 Å². The van der Waals surface area contributed by atoms with Gasteiger partial charge in [0, 0.05) is 38.6 Å². The molecule has 0 spiro atoms. The molecule has 5 rings (SSSR count). The second kappa shape index (κ2) is 13.2. The van der Waals surface area contributed by atoms with Gasteiger partial charge in [0.05, 0.1) is 17.4 Å². The van der Waals surface area contributed by atoms with Crippen LogP contribution in [0.25, 0.3) is 0 Å². The highest BCUT2D eigenvalue weighted by Gasteiger charge is 2.47. The largest absolute Gasteiger partial charge is 0.468 e. The summed E-state index contributed by atoms with van der Waals surface area (Å²) in [5.41, 5.74) is -0.114. The Morgan fingerprint density at radius 2 is 1.82 bits per heavy atom. The number of hydrogen-bond donors (Lipinski definition) is 0. The molecule has 2 aliphatic heterocycles. The van der Waals surface area contributed by atoms with Crippen molar-refractivity contribution in [3.05, 3.63) is 51.2 Å². The van der Waals surface area contributed by atoms with Crippen LogP contribution in [-0.4, -0.2) is 102 Å². The number of carbonyl (C=O) groups excluding carboxylic acids is 2. The maximum atomic E-state index is 13.6. The third-order valence-electron chi connectivity index (χ3n) is 9.04. The topological polar surface area (TPSA) is 140 Å². The lowest BCUT2D eigenvalue weighted by Gasteiger charge is -2.37. The first-order valence-corrected chi connectivity index (χ1v) is 15.7. The lowest BCUT2D eigenvalue weighted by molar-refractivity contribution is -0.385. The number of methoxy groups -OCH3 is 1. The van der Waals surface area contributed by atoms with Crippen molar-refractivity contribution in [2.75, 3.05) is 58.4 Å². The summed E-state index contributed by atoms with van der Waals surface area (Å²) in [5.74, 6) is -0.335. The summed E-state index contributed by atoms with van der Waals surface area (Å²) in [4.78, 5) is 53.5. The number of carbonyl (C=O) groups is 2. The van der Waals surface area contributed by atoms with Gasteiger partial charge in [-0.25, -0.2) is 4.79 Å². The highest BCUT2D eigenvalue weighted by molar-refractivity contribution is 5.85. The molecule has 0 radical (unpaired) electrons. The monoisotopic (exact) mass is 624 g/mol. The minimum Gasteiger partial charge on any atom is -0.468 e. The van der Waals surface area contributed by atoms with Crippen molar-refractivity contribution in [3.63, 3.8) is 0 Å². The zero-order valence-electron chi connectivity index (χ0n) is 26.9. The van der Waals surface area contributed by atoms with Crippen LogP contribution in [-0.2, 0) is 32.5 Å². The second-order valence-electron chi connectivity index (χ2n) is 13.2. The Balaban J connectivity index is 1.53. The molecule has 2 atom stereocenters. The van der Waals surface area contributed by atoms with E-state index in [-0.39, 0.29) is 35.7 Å². The third-order valence-corrected chi connectivity index (χ3v) is 9.04. The number of ether oxygens (including phenoxy) is 3. The normalized spacial score (nSPS) is 22.1. The Labute approximate surface area is 264 Å². The molecule has 3 heterocycles. The maximum absolute atomic E-state index is 13.6. The van der Waals surface area contributed by atoms with Crippen molar-refractivity contribution in [3.8, 4) is 6.01 Å². The number of fused-ring (bicyclic) bond motifs is 1. The van der Waals surface area contributed by atoms with Crippen LogP contribution in [0.1, 0.15) is 63.3 Å². The highest BCUT2D eigenvalue weighted by Crippen LogP contribution is 2.44. The van der Waals surface area contributed by atoms with Crippen molar-refractivity contribution in [1.29, 1.82) is 0 Å². The fraction of sp³-hybridized carbons (Fsp3) is 0.625. The molecule has 2 aromatic rings. The van der Waals surface area contributed by atoms with Gasteiger partial charge in [0.25, 0.3) is 0 Å². The predicted octanol–water partition coefficient (Wildman–Crippen LogP) is 3.90. The van der Waals surface area contributed by atoms with Crippen molar-refractivity contribution >= 4 is 23.6 Å². The molecular formula is C32H44N6O7. The number of likely N-dealkylation sites (tertiary alicyclic amines) is 1. The lowest BCUT2D eigenvalue weighted by Crippen LogP contribution is -2.50. The number of anilines is 1. The molecule has 0 bridgehead atoms. The summed E-state index contributed by atoms with van der Waals surface area (Å²) >= 11 is 0. The Kier molecular flexibility index (Phi) is 9.47. The second-order valence-corrected chi connectivity index (χ2v) is 13.2. The molecule has 1 aromatic carbocycles. The molecule has 244 valence electrons. The molecular weight excluding hydrogens is 580 g/mol. The van der Waals surface area contributed by atoms with Crippen LogP contribution in [0.5, 0.6) is 6.01 Å². The summed E-state index contributed by atoms with van der Waals surface area (Å²) in [7, 11) is 3.39. The first-order chi connectivity index (χ1) is 21.4. The number of nitro groups is 1. The molecule has 2 saturated heterocycles. The van der Waals surface area contributed by atoms with Crippen molar-refractivity contribution < 1.29 is 28.7 Å². The van der Waals surface area contributed by atoms with Gasteiger partial charge < -0.3 is 28.9 Å². The fourth-order valence-electron chi connectivity index (χ4n) is 6.72. The Morgan fingerprint density at radius 1 is 1.09 bits per heavy atom. The molecule has 13 heteroatoms. The maximum Gasteiger partial charge on any atom is 0.410 e. The third kappa shape index (κ3) is 6.98. The number of hydrogen-bond acceptors (Lipinski definition) is 11. The number of rotatable bonds is 8. The number of aryl methyl sites for hydroxylation is 1. The summed E-state index contributed by atoms with van der Waals surface area (Å²) in [6.07, 6.45) is 3.55. The summed E-state index contributed by atoms with van der Waals surface area (Å²) < 4.78 is 17.0. The number of likely N-dealkylation sites (N-methyl/N-ethyl adjacent to an activating group) is 1. The standard InChI is InChI=1S/C32H44N6O7/c1-31(2,3)45-30(40)37-18-16-36(17-19-37)27-26(38(41)42)25(33-29(34-27)44-21-23-12-9-15-35(23)4)20-32(28(39)43-5)14-8-11-22-10-6-7-13-24(22)32/h6-7,10,13,23H,8-9,11-12,14-21H2,1-5H3/t23-,32?/m0/s1. The van der Waals surface area contributed by atoms with Gasteiger partial charge in [0.1, 0.15) is 17.9 Å². The van der Waals surface area contributed by atoms with Gasteiger partial charge in [0.15, 0.2) is 0 Å². The number of nitrogens with zero attached hydrogens (tertiary/aromatic N) is 6. The van der Waals surface area contributed by atoms with E-state index in [1.54, 1.807) is 9.80 Å². The fourth-order valence-corrected chi connectivity index (χ4v) is 6.72. The van der Waals surface area contributed by atoms with Gasteiger partial charge in [-0.15, -0.1) is 0 Å². The first kappa shape index (κ1) is 32.4. The van der Waals surface area contributed by atoms with Gasteiger partial charge in [0.2, 0.25) is 5.82 Å². The Bertz CT molecular complexity index is 1420. The quantitative estimate of drug-likeness (QED) is 0.240. The highest BCUT2D eigenvalue weighted by atomic mass is 16.6. The number of piperazine rings is 1. The zero-order chi connectivity index (χ0) is 32.4. The summed E-state index contributed by atoms with van der Waals surface area (Å²) in [6.45, 7) is 7.93. The van der Waals surface area contributed by atoms with Gasteiger partial charge >= 0.3 is 23.8 Å². The minimum absolute atomic E-state index is 0.0320. The number of benzene rings is 1. The molecule has 3 aliphatic rings. The minimum atomic E-state index is -1.15. The van der Waals surface area contributed by atoms with Crippen LogP contribution in [0.2, 0.25) is 0 Å². The molecule has 45 heavy (non-hydrogen) atoms. The lowest BCUT2D eigenvalue weighted by atomic mass is 9.67. The predicted molar refractivity (Wildman–Crippen MR) is 167 cm³/mol. The van der Waals surface area contributed by atoms with Crippen LogP contribution < -0.4 is 9.64 Å². The number of aromatic nitrogens is 2. The van der Waals surface area contributed by atoms with Crippen LogP contribution in [0.3, 0.4) is 0 Å². The average molecular weight is 625 g/mol. The summed E-state index contributed by atoms with van der Waals surface area (Å²) in [5, 5.41) is 12.8. The van der Waals surface area contributed by atoms with E-state index in [0.717, 1.165) is 43.4 Å². The van der Waals surface area contributed by atoms with Crippen molar-refractivity contribution in [2.24, 2.45) is 0 Å². The zero-order valence-corrected chi connectivity index (χ0v) is 26.9. The van der Waals surface area contributed by atoms with E-state index < -0.39 is 28.0 Å². The van der Waals surface area contributed by atoms with Gasteiger partial charge in [-0.2, -0.15) is 9.97 Å². The van der Waals surface area contributed by atoms with E-state index in [0.29, 0.717) is 39.2 Å². The molecule has 0 saturated carbocycles. The van der Waals surface area contributed by atoms with Crippen molar-refractivity contribution in [1.82, 2.24) is 19.8 Å². The van der Waals surface area contributed by atoms with Crippen LogP contribution in [0, 0.1) is 10.1 Å². The molecule has 13 nitrogen and oxygen atoms in total. The smallest absolute Gasteiger partial charge is 0.410 e. The molecule has 2 fully saturated rings. The number of esters is 1.